The van der Waals surface area contributed by atoms with Gasteiger partial charge in [0.05, 0.1) is 11.4 Å². The van der Waals surface area contributed by atoms with Gasteiger partial charge >= 0.3 is 0 Å². The Hall–Kier alpha value is -1.46. The zero-order chi connectivity index (χ0) is 13.8. The molecule has 0 aromatic carbocycles. The van der Waals surface area contributed by atoms with E-state index in [1.807, 2.05) is 14.1 Å². The highest BCUT2D eigenvalue weighted by molar-refractivity contribution is 6.30. The molecule has 0 atom stereocenters. The van der Waals surface area contributed by atoms with E-state index < -0.39 is 0 Å². The Morgan fingerprint density at radius 1 is 1.32 bits per heavy atom. The van der Waals surface area contributed by atoms with Crippen LogP contribution in [0.2, 0.25) is 5.15 Å². The molecule has 0 amide bonds. The fraction of sp³-hybridized carbons (Fsp3) is 0.462. The molecule has 19 heavy (non-hydrogen) atoms. The van der Waals surface area contributed by atoms with Crippen molar-refractivity contribution in [2.24, 2.45) is 7.05 Å². The molecule has 0 saturated carbocycles. The zero-order valence-electron chi connectivity index (χ0n) is 11.5. The molecule has 2 aromatic heterocycles. The highest BCUT2D eigenvalue weighted by atomic mass is 35.5. The minimum atomic E-state index is 0.711. The van der Waals surface area contributed by atoms with Crippen LogP contribution in [-0.2, 0) is 26.6 Å². The summed E-state index contributed by atoms with van der Waals surface area (Å²) >= 11 is 6.29. The molecule has 0 aliphatic heterocycles. The van der Waals surface area contributed by atoms with Crippen LogP contribution < -0.4 is 0 Å². The first-order valence-electron chi connectivity index (χ1n) is 6.25. The summed E-state index contributed by atoms with van der Waals surface area (Å²) in [5, 5.41) is 5.13. The Kier molecular flexibility index (Phi) is 4.50. The van der Waals surface area contributed by atoms with E-state index >= 15 is 0 Å². The van der Waals surface area contributed by atoms with Gasteiger partial charge in [-0.05, 0) is 13.5 Å². The van der Waals surface area contributed by atoms with Crippen molar-refractivity contribution in [3.63, 3.8) is 0 Å². The zero-order valence-corrected chi connectivity index (χ0v) is 12.2. The van der Waals surface area contributed by atoms with Crippen LogP contribution in [0.1, 0.15) is 23.9 Å². The first-order valence-corrected chi connectivity index (χ1v) is 6.63. The average molecular weight is 280 g/mol. The lowest BCUT2D eigenvalue weighted by atomic mass is 10.2. The molecule has 0 aliphatic rings. The summed E-state index contributed by atoms with van der Waals surface area (Å²) in [5.74, 6) is 0. The van der Waals surface area contributed by atoms with Crippen LogP contribution in [0.3, 0.4) is 0 Å². The maximum absolute atomic E-state index is 6.29. The number of rotatable bonds is 5. The third-order valence-corrected chi connectivity index (χ3v) is 3.44. The number of hydrogen-bond acceptors (Lipinski definition) is 4. The van der Waals surface area contributed by atoms with Gasteiger partial charge in [-0.2, -0.15) is 5.10 Å². The Morgan fingerprint density at radius 2 is 2.11 bits per heavy atom. The number of aryl methyl sites for hydroxylation is 2. The summed E-state index contributed by atoms with van der Waals surface area (Å²) in [5.41, 5.74) is 3.10. The molecular weight excluding hydrogens is 262 g/mol. The first-order chi connectivity index (χ1) is 9.11. The lowest BCUT2D eigenvalue weighted by Crippen LogP contribution is -2.18. The Morgan fingerprint density at radius 3 is 2.74 bits per heavy atom. The Labute approximate surface area is 118 Å². The fourth-order valence-corrected chi connectivity index (χ4v) is 2.26. The second kappa shape index (κ2) is 6.12. The van der Waals surface area contributed by atoms with E-state index in [1.54, 1.807) is 23.3 Å². The van der Waals surface area contributed by atoms with Crippen LogP contribution >= 0.6 is 11.6 Å². The van der Waals surface area contributed by atoms with Crippen LogP contribution in [0.15, 0.2) is 18.6 Å². The van der Waals surface area contributed by atoms with Gasteiger partial charge in [-0.1, -0.05) is 18.5 Å². The van der Waals surface area contributed by atoms with E-state index in [0.29, 0.717) is 5.15 Å². The van der Waals surface area contributed by atoms with Crippen LogP contribution in [0.25, 0.3) is 0 Å². The first kappa shape index (κ1) is 14.0. The minimum Gasteiger partial charge on any atom is -0.296 e. The van der Waals surface area contributed by atoms with Crippen molar-refractivity contribution in [3.05, 3.63) is 40.7 Å². The van der Waals surface area contributed by atoms with Gasteiger partial charge in [0.1, 0.15) is 5.15 Å². The van der Waals surface area contributed by atoms with Crippen molar-refractivity contribution in [2.75, 3.05) is 7.05 Å². The summed E-state index contributed by atoms with van der Waals surface area (Å²) < 4.78 is 1.73. The summed E-state index contributed by atoms with van der Waals surface area (Å²) in [4.78, 5) is 10.5. The standard InChI is InChI=1S/C13H18ClN5/c1-4-12-11(13(14)19(3)17-12)9-18(2)8-10-7-15-5-6-16-10/h5-7H,4,8-9H2,1-3H3. The monoisotopic (exact) mass is 279 g/mol. The average Bonchev–Trinajstić information content (AvgIpc) is 2.67. The second-order valence-corrected chi connectivity index (χ2v) is 4.92. The minimum absolute atomic E-state index is 0.711. The highest BCUT2D eigenvalue weighted by Gasteiger charge is 2.15. The van der Waals surface area contributed by atoms with Crippen molar-refractivity contribution < 1.29 is 0 Å². The molecule has 2 rings (SSSR count). The molecule has 0 aliphatic carbocycles. The fourth-order valence-electron chi connectivity index (χ4n) is 2.05. The molecule has 0 saturated heterocycles. The van der Waals surface area contributed by atoms with Crippen LogP contribution in [0, 0.1) is 0 Å². The van der Waals surface area contributed by atoms with E-state index in [-0.39, 0.29) is 0 Å². The molecule has 0 N–H and O–H groups in total. The van der Waals surface area contributed by atoms with Gasteiger partial charge in [0.25, 0.3) is 0 Å². The van der Waals surface area contributed by atoms with Crippen molar-refractivity contribution in [2.45, 2.75) is 26.4 Å². The van der Waals surface area contributed by atoms with Crippen molar-refractivity contribution >= 4 is 11.6 Å². The molecule has 2 aromatic rings. The Balaban J connectivity index is 2.09. The molecule has 5 nitrogen and oxygen atoms in total. The van der Waals surface area contributed by atoms with Gasteiger partial charge in [0.15, 0.2) is 0 Å². The highest BCUT2D eigenvalue weighted by Crippen LogP contribution is 2.21. The maximum Gasteiger partial charge on any atom is 0.131 e. The van der Waals surface area contributed by atoms with Gasteiger partial charge < -0.3 is 0 Å². The van der Waals surface area contributed by atoms with Crippen LogP contribution in [0.5, 0.6) is 0 Å². The number of aromatic nitrogens is 4. The van der Waals surface area contributed by atoms with E-state index in [4.69, 9.17) is 11.6 Å². The van der Waals surface area contributed by atoms with Crippen molar-refractivity contribution in [1.29, 1.82) is 0 Å². The summed E-state index contributed by atoms with van der Waals surface area (Å²) in [7, 11) is 3.91. The molecule has 0 fully saturated rings. The van der Waals surface area contributed by atoms with Gasteiger partial charge in [-0.3, -0.25) is 19.5 Å². The third-order valence-electron chi connectivity index (χ3n) is 2.96. The van der Waals surface area contributed by atoms with E-state index in [1.165, 1.54) is 0 Å². The summed E-state index contributed by atoms with van der Waals surface area (Å²) in [6, 6.07) is 0. The van der Waals surface area contributed by atoms with Gasteiger partial charge in [-0.25, -0.2) is 0 Å². The third kappa shape index (κ3) is 3.30. The number of halogens is 1. The number of hydrogen-bond donors (Lipinski definition) is 0. The molecule has 2 heterocycles. The van der Waals surface area contributed by atoms with E-state index in [9.17, 15) is 0 Å². The van der Waals surface area contributed by atoms with Gasteiger partial charge in [-0.15, -0.1) is 0 Å². The van der Waals surface area contributed by atoms with Gasteiger partial charge in [0, 0.05) is 44.3 Å². The lowest BCUT2D eigenvalue weighted by Gasteiger charge is -2.16. The molecule has 0 radical (unpaired) electrons. The molecule has 6 heteroatoms. The Bertz CT molecular complexity index is 537. The number of nitrogens with zero attached hydrogens (tertiary/aromatic N) is 5. The molecule has 0 unspecified atom stereocenters. The lowest BCUT2D eigenvalue weighted by molar-refractivity contribution is 0.313. The summed E-state index contributed by atoms with van der Waals surface area (Å²) in [6.45, 7) is 3.58. The van der Waals surface area contributed by atoms with E-state index in [2.05, 4.69) is 26.9 Å². The topological polar surface area (TPSA) is 46.8 Å². The predicted molar refractivity (Wildman–Crippen MR) is 74.8 cm³/mol. The van der Waals surface area contributed by atoms with Crippen LogP contribution in [-0.4, -0.2) is 31.7 Å². The van der Waals surface area contributed by atoms with Crippen LogP contribution in [0.4, 0.5) is 0 Å². The molecular formula is C13H18ClN5. The van der Waals surface area contributed by atoms with Crippen molar-refractivity contribution in [3.8, 4) is 0 Å². The normalized spacial score (nSPS) is 11.2. The SMILES string of the molecule is CCc1nn(C)c(Cl)c1CN(C)Cc1cnccn1. The smallest absolute Gasteiger partial charge is 0.131 e. The quantitative estimate of drug-likeness (QED) is 0.840. The largest absolute Gasteiger partial charge is 0.296 e. The maximum atomic E-state index is 6.29. The van der Waals surface area contributed by atoms with E-state index in [0.717, 1.165) is 36.5 Å². The molecule has 0 bridgehead atoms. The molecule has 0 spiro atoms. The summed E-state index contributed by atoms with van der Waals surface area (Å²) in [6.07, 6.45) is 6.05. The van der Waals surface area contributed by atoms with Crippen molar-refractivity contribution in [1.82, 2.24) is 24.6 Å². The van der Waals surface area contributed by atoms with Gasteiger partial charge in [0.2, 0.25) is 0 Å². The molecule has 102 valence electrons. The second-order valence-electron chi connectivity index (χ2n) is 4.56. The predicted octanol–water partition coefficient (Wildman–Crippen LogP) is 2.06.